The van der Waals surface area contributed by atoms with Gasteiger partial charge < -0.3 is 4.74 Å². The first kappa shape index (κ1) is 15.2. The van der Waals surface area contributed by atoms with Crippen LogP contribution >= 0.6 is 0 Å². The monoisotopic (exact) mass is 226 g/mol. The van der Waals surface area contributed by atoms with E-state index in [1.807, 2.05) is 27.7 Å². The predicted octanol–water partition coefficient (Wildman–Crippen LogP) is 4.24. The van der Waals surface area contributed by atoms with Crippen LogP contribution in [0.2, 0.25) is 0 Å². The van der Waals surface area contributed by atoms with Crippen molar-refractivity contribution in [1.82, 2.24) is 0 Å². The van der Waals surface area contributed by atoms with Crippen LogP contribution in [0.15, 0.2) is 11.6 Å². The van der Waals surface area contributed by atoms with Gasteiger partial charge in [-0.15, -0.1) is 0 Å². The van der Waals surface area contributed by atoms with Gasteiger partial charge in [-0.3, -0.25) is 0 Å². The Morgan fingerprint density at radius 1 is 1.19 bits per heavy atom. The van der Waals surface area contributed by atoms with Crippen molar-refractivity contribution in [3.8, 4) is 0 Å². The average Bonchev–Trinajstić information content (AvgIpc) is 2.09. The summed E-state index contributed by atoms with van der Waals surface area (Å²) in [5.41, 5.74) is 0.723. The summed E-state index contributed by atoms with van der Waals surface area (Å²) >= 11 is 0. The van der Waals surface area contributed by atoms with Crippen LogP contribution in [-0.2, 0) is 9.53 Å². The largest absolute Gasteiger partial charge is 0.457 e. The maximum atomic E-state index is 11.5. The van der Waals surface area contributed by atoms with E-state index in [1.54, 1.807) is 6.08 Å². The van der Waals surface area contributed by atoms with Crippen molar-refractivity contribution in [3.05, 3.63) is 11.6 Å². The predicted molar refractivity (Wildman–Crippen MR) is 68.4 cm³/mol. The molecular weight excluding hydrogens is 200 g/mol. The number of rotatable bonds is 6. The number of hydrogen-bond donors (Lipinski definition) is 0. The molecule has 0 saturated carbocycles. The minimum atomic E-state index is -0.393. The lowest BCUT2D eigenvalue weighted by Crippen LogP contribution is -2.22. The molecule has 0 unspecified atom stereocenters. The van der Waals surface area contributed by atoms with E-state index in [1.165, 1.54) is 25.7 Å². The third-order valence-electron chi connectivity index (χ3n) is 2.20. The van der Waals surface area contributed by atoms with E-state index in [0.717, 1.165) is 12.0 Å². The molecule has 0 aliphatic carbocycles. The Morgan fingerprint density at radius 3 is 2.31 bits per heavy atom. The molecule has 0 bridgehead atoms. The molecule has 0 amide bonds. The highest BCUT2D eigenvalue weighted by Gasteiger charge is 2.14. The summed E-state index contributed by atoms with van der Waals surface area (Å²) in [6.45, 7) is 9.85. The van der Waals surface area contributed by atoms with E-state index in [9.17, 15) is 4.79 Å². The maximum absolute atomic E-state index is 11.5. The van der Waals surface area contributed by atoms with Crippen molar-refractivity contribution in [1.29, 1.82) is 0 Å². The number of esters is 1. The number of allylic oxidation sites excluding steroid dienone is 1. The lowest BCUT2D eigenvalue weighted by atomic mass is 10.1. The van der Waals surface area contributed by atoms with Crippen LogP contribution in [0.4, 0.5) is 0 Å². The summed E-state index contributed by atoms with van der Waals surface area (Å²) in [4.78, 5) is 11.5. The topological polar surface area (TPSA) is 26.3 Å². The normalized spacial score (nSPS) is 12.7. The molecule has 0 aromatic rings. The van der Waals surface area contributed by atoms with Gasteiger partial charge in [0.15, 0.2) is 0 Å². The molecule has 0 fully saturated rings. The van der Waals surface area contributed by atoms with Crippen molar-refractivity contribution in [2.24, 2.45) is 0 Å². The van der Waals surface area contributed by atoms with Crippen LogP contribution in [0.3, 0.4) is 0 Å². The Balaban J connectivity index is 3.88. The molecule has 0 saturated heterocycles. The fourth-order valence-corrected chi connectivity index (χ4v) is 1.44. The summed E-state index contributed by atoms with van der Waals surface area (Å²) in [5, 5.41) is 0. The molecule has 0 heterocycles. The summed E-state index contributed by atoms with van der Waals surface area (Å²) in [7, 11) is 0. The quantitative estimate of drug-likeness (QED) is 0.384. The van der Waals surface area contributed by atoms with E-state index in [0.29, 0.717) is 0 Å². The van der Waals surface area contributed by atoms with Crippen molar-refractivity contribution in [2.75, 3.05) is 0 Å². The smallest absolute Gasteiger partial charge is 0.331 e. The van der Waals surface area contributed by atoms with Gasteiger partial charge in [-0.1, -0.05) is 31.8 Å². The van der Waals surface area contributed by atoms with E-state index < -0.39 is 5.60 Å². The molecule has 0 aliphatic rings. The first-order valence-corrected chi connectivity index (χ1v) is 6.25. The van der Waals surface area contributed by atoms with Gasteiger partial charge in [0.25, 0.3) is 0 Å². The Bertz CT molecular complexity index is 234. The summed E-state index contributed by atoms with van der Waals surface area (Å²) in [5.74, 6) is -0.222. The molecule has 0 aromatic carbocycles. The molecule has 0 atom stereocenters. The zero-order valence-electron chi connectivity index (χ0n) is 11.4. The number of hydrogen-bond acceptors (Lipinski definition) is 2. The number of carbonyl (C=O) groups excluding carboxylic acids is 1. The van der Waals surface area contributed by atoms with Crippen molar-refractivity contribution < 1.29 is 9.53 Å². The highest BCUT2D eigenvalue weighted by Crippen LogP contribution is 2.12. The van der Waals surface area contributed by atoms with Gasteiger partial charge in [-0.05, 0) is 40.5 Å². The van der Waals surface area contributed by atoms with Crippen LogP contribution < -0.4 is 0 Å². The molecule has 16 heavy (non-hydrogen) atoms. The first-order chi connectivity index (χ1) is 7.35. The molecule has 0 aromatic heterocycles. The van der Waals surface area contributed by atoms with Crippen molar-refractivity contribution in [3.63, 3.8) is 0 Å². The molecule has 94 valence electrons. The minimum absolute atomic E-state index is 0.222. The molecule has 0 N–H and O–H groups in total. The zero-order valence-corrected chi connectivity index (χ0v) is 11.4. The van der Waals surface area contributed by atoms with Gasteiger partial charge in [0, 0.05) is 6.08 Å². The van der Waals surface area contributed by atoms with Crippen molar-refractivity contribution >= 4 is 5.97 Å². The highest BCUT2D eigenvalue weighted by atomic mass is 16.6. The van der Waals surface area contributed by atoms with Crippen LogP contribution in [0.25, 0.3) is 0 Å². The van der Waals surface area contributed by atoms with Gasteiger partial charge in [-0.25, -0.2) is 4.79 Å². The second-order valence-corrected chi connectivity index (χ2v) is 5.33. The lowest BCUT2D eigenvalue weighted by molar-refractivity contribution is -0.148. The van der Waals surface area contributed by atoms with Gasteiger partial charge in [0.2, 0.25) is 0 Å². The fraction of sp³-hybridized carbons (Fsp3) is 0.786. The third kappa shape index (κ3) is 9.75. The second-order valence-electron chi connectivity index (χ2n) is 5.33. The Hall–Kier alpha value is -0.790. The third-order valence-corrected chi connectivity index (χ3v) is 2.20. The molecule has 0 aliphatic heterocycles. The Labute approximate surface area is 100 Å². The number of ether oxygens (including phenoxy) is 1. The van der Waals surface area contributed by atoms with E-state index in [4.69, 9.17) is 4.74 Å². The molecule has 2 heteroatoms. The second kappa shape index (κ2) is 7.48. The molecule has 0 radical (unpaired) electrons. The van der Waals surface area contributed by atoms with Crippen molar-refractivity contribution in [2.45, 2.75) is 72.3 Å². The average molecular weight is 226 g/mol. The number of carbonyl (C=O) groups is 1. The fourth-order valence-electron chi connectivity index (χ4n) is 1.44. The first-order valence-electron chi connectivity index (χ1n) is 6.25. The van der Waals surface area contributed by atoms with Crippen LogP contribution in [0.5, 0.6) is 0 Å². The highest BCUT2D eigenvalue weighted by molar-refractivity contribution is 5.83. The summed E-state index contributed by atoms with van der Waals surface area (Å²) < 4.78 is 5.22. The summed E-state index contributed by atoms with van der Waals surface area (Å²) in [6.07, 6.45) is 7.56. The Morgan fingerprint density at radius 2 is 1.81 bits per heavy atom. The SMILES string of the molecule is CCCCCC/C(C)=C/C(=O)OC(C)(C)C. The van der Waals surface area contributed by atoms with Gasteiger partial charge in [0.05, 0.1) is 0 Å². The summed E-state index contributed by atoms with van der Waals surface area (Å²) in [6, 6.07) is 0. The van der Waals surface area contributed by atoms with Crippen LogP contribution in [0, 0.1) is 0 Å². The van der Waals surface area contributed by atoms with Crippen LogP contribution in [0.1, 0.15) is 66.7 Å². The standard InChI is InChI=1S/C14H26O2/c1-6-7-8-9-10-12(2)11-13(15)16-14(3,4)5/h11H,6-10H2,1-5H3/b12-11+. The zero-order chi connectivity index (χ0) is 12.6. The maximum Gasteiger partial charge on any atom is 0.331 e. The molecule has 0 rings (SSSR count). The van der Waals surface area contributed by atoms with Gasteiger partial charge in [0.1, 0.15) is 5.60 Å². The molecule has 2 nitrogen and oxygen atoms in total. The van der Waals surface area contributed by atoms with Gasteiger partial charge in [-0.2, -0.15) is 0 Å². The van der Waals surface area contributed by atoms with E-state index >= 15 is 0 Å². The molecule has 0 spiro atoms. The number of unbranched alkanes of at least 4 members (excludes halogenated alkanes) is 3. The van der Waals surface area contributed by atoms with Gasteiger partial charge >= 0.3 is 5.97 Å². The lowest BCUT2D eigenvalue weighted by Gasteiger charge is -2.18. The molecular formula is C14H26O2. The minimum Gasteiger partial charge on any atom is -0.457 e. The van der Waals surface area contributed by atoms with E-state index in [-0.39, 0.29) is 5.97 Å². The van der Waals surface area contributed by atoms with Crippen LogP contribution in [-0.4, -0.2) is 11.6 Å². The Kier molecular flexibility index (Phi) is 7.11. The van der Waals surface area contributed by atoms with E-state index in [2.05, 4.69) is 6.92 Å².